The Kier molecular flexibility index (Phi) is 10.4. The summed E-state index contributed by atoms with van der Waals surface area (Å²) in [6.45, 7) is 0. The maximum Gasteiger partial charge on any atom is 0.240 e. The Balaban J connectivity index is 0.964. The van der Waals surface area contributed by atoms with Crippen LogP contribution in [0.2, 0.25) is 0 Å². The molecule has 0 saturated heterocycles. The van der Waals surface area contributed by atoms with E-state index >= 15 is 0 Å². The zero-order valence-electron chi connectivity index (χ0n) is 44.9. The SMILES string of the molecule is c1ccc(-c2cc([Si](c3ccccc3)(c3ccccc3)c3ccc4c(c3)C3(c5ccccc5Oc5ccccc53)c3ccccc3-4)ccc2-c2nc(-n3c4ccccc4c4ccccc43)nc(-n3c4ccccc4c4ccccc43)n2)cc1. The summed E-state index contributed by atoms with van der Waals surface area (Å²) in [5, 5.41) is 9.58. The van der Waals surface area contributed by atoms with Gasteiger partial charge in [0.15, 0.2) is 13.9 Å². The second-order valence-electron chi connectivity index (χ2n) is 21.8. The minimum absolute atomic E-state index is 0.536. The maximum absolute atomic E-state index is 6.83. The first-order chi connectivity index (χ1) is 41.2. The van der Waals surface area contributed by atoms with E-state index in [1.807, 2.05) is 0 Å². The van der Waals surface area contributed by atoms with E-state index in [4.69, 9.17) is 19.7 Å². The van der Waals surface area contributed by atoms with Crippen molar-refractivity contribution in [1.82, 2.24) is 24.1 Å². The fourth-order valence-corrected chi connectivity index (χ4v) is 19.0. The van der Waals surface area contributed by atoms with E-state index < -0.39 is 13.5 Å². The quantitative estimate of drug-likeness (QED) is 0.112. The zero-order valence-corrected chi connectivity index (χ0v) is 45.9. The second-order valence-corrected chi connectivity index (χ2v) is 25.6. The standard InChI is InChI=1S/C76H49N5OSi/c1-4-24-50(25-5-1)62-48-53(45-47-61(62)73-77-74(80-67-38-18-11-31-57(67)58-32-12-19-39-68(58)80)79-75(78-73)81-69-40-20-13-33-59(69)60-34-14-21-41-70(60)81)83(51-26-6-2-7-27-51,52-28-8-3-9-29-52)54-44-46-56-55-30-10-15-35-63(55)76(66(56)49-54)64-36-16-22-42-71(64)82-72-43-23-17-37-65(72)76/h1-49H. The largest absolute Gasteiger partial charge is 0.457 e. The van der Waals surface area contributed by atoms with Gasteiger partial charge in [0.1, 0.15) is 11.5 Å². The average Bonchev–Trinajstić information content (AvgIpc) is 1.99. The number of nitrogens with zero attached hydrogens (tertiary/aromatic N) is 5. The van der Waals surface area contributed by atoms with Crippen molar-refractivity contribution in [2.24, 2.45) is 0 Å². The van der Waals surface area contributed by atoms with E-state index in [0.29, 0.717) is 17.7 Å². The van der Waals surface area contributed by atoms with Gasteiger partial charge in [-0.3, -0.25) is 9.13 Å². The summed E-state index contributed by atoms with van der Waals surface area (Å²) in [5.74, 6) is 3.39. The molecule has 0 amide bonds. The summed E-state index contributed by atoms with van der Waals surface area (Å²) < 4.78 is 11.2. The summed E-state index contributed by atoms with van der Waals surface area (Å²) in [4.78, 5) is 16.8. The Hall–Kier alpha value is -10.7. The Morgan fingerprint density at radius 1 is 0.289 bits per heavy atom. The number of hydrogen-bond donors (Lipinski definition) is 0. The zero-order chi connectivity index (χ0) is 54.6. The molecule has 2 aliphatic rings. The van der Waals surface area contributed by atoms with Gasteiger partial charge in [-0.05, 0) is 90.5 Å². The van der Waals surface area contributed by atoms with Crippen molar-refractivity contribution in [3.05, 3.63) is 320 Å². The Bertz CT molecular complexity index is 4760. The van der Waals surface area contributed by atoms with Gasteiger partial charge in [0, 0.05) is 38.2 Å². The van der Waals surface area contributed by atoms with Crippen LogP contribution in [-0.4, -0.2) is 32.2 Å². The third kappa shape index (κ3) is 6.80. The van der Waals surface area contributed by atoms with E-state index in [1.165, 1.54) is 43.0 Å². The van der Waals surface area contributed by atoms with Gasteiger partial charge in [0.05, 0.1) is 27.5 Å². The van der Waals surface area contributed by atoms with Gasteiger partial charge in [-0.1, -0.05) is 261 Å². The third-order valence-electron chi connectivity index (χ3n) is 17.6. The fraction of sp³-hybridized carbons (Fsp3) is 0.0132. The molecule has 0 radical (unpaired) electrons. The van der Waals surface area contributed by atoms with Gasteiger partial charge in [0.2, 0.25) is 11.9 Å². The van der Waals surface area contributed by atoms with E-state index in [2.05, 4.69) is 306 Å². The first kappa shape index (κ1) is 47.1. The molecule has 83 heavy (non-hydrogen) atoms. The monoisotopic (exact) mass is 1080 g/mol. The Labute approximate surface area is 480 Å². The fourth-order valence-electron chi connectivity index (χ4n) is 14.2. The lowest BCUT2D eigenvalue weighted by Gasteiger charge is -2.40. The molecule has 12 aromatic carbocycles. The molecule has 0 unspecified atom stereocenters. The minimum atomic E-state index is -3.32. The first-order valence-electron chi connectivity index (χ1n) is 28.3. The van der Waals surface area contributed by atoms with Gasteiger partial charge in [0.25, 0.3) is 0 Å². The van der Waals surface area contributed by atoms with Crippen LogP contribution in [0, 0.1) is 0 Å². The van der Waals surface area contributed by atoms with Crippen LogP contribution in [0.5, 0.6) is 11.5 Å². The van der Waals surface area contributed by atoms with Crippen LogP contribution in [0.15, 0.2) is 297 Å². The molecular weight excluding hydrogens is 1030 g/mol. The highest BCUT2D eigenvalue weighted by Crippen LogP contribution is 2.62. The van der Waals surface area contributed by atoms with Crippen molar-refractivity contribution in [3.63, 3.8) is 0 Å². The van der Waals surface area contributed by atoms with E-state index in [1.54, 1.807) is 0 Å². The second kappa shape index (κ2) is 18.4. The molecule has 0 saturated carbocycles. The number of ether oxygens (including phenoxy) is 1. The van der Waals surface area contributed by atoms with Gasteiger partial charge in [-0.25, -0.2) is 0 Å². The van der Waals surface area contributed by atoms with Crippen LogP contribution < -0.4 is 25.5 Å². The molecule has 3 aromatic heterocycles. The van der Waals surface area contributed by atoms with Crippen LogP contribution in [0.3, 0.4) is 0 Å². The number of para-hydroxylation sites is 6. The topological polar surface area (TPSA) is 57.8 Å². The van der Waals surface area contributed by atoms with Gasteiger partial charge in [-0.2, -0.15) is 15.0 Å². The predicted octanol–water partition coefficient (Wildman–Crippen LogP) is 15.2. The van der Waals surface area contributed by atoms with Crippen molar-refractivity contribution < 1.29 is 4.74 Å². The lowest BCUT2D eigenvalue weighted by atomic mass is 9.66. The Morgan fingerprint density at radius 2 is 0.687 bits per heavy atom. The van der Waals surface area contributed by atoms with Gasteiger partial charge >= 0.3 is 0 Å². The van der Waals surface area contributed by atoms with Gasteiger partial charge < -0.3 is 4.74 Å². The van der Waals surface area contributed by atoms with Crippen LogP contribution >= 0.6 is 0 Å². The summed E-state index contributed by atoms with van der Waals surface area (Å²) in [6, 6.07) is 108. The number of aromatic nitrogens is 5. The minimum Gasteiger partial charge on any atom is -0.457 e. The normalized spacial score (nSPS) is 13.0. The van der Waals surface area contributed by atoms with Crippen molar-refractivity contribution in [2.75, 3.05) is 0 Å². The van der Waals surface area contributed by atoms with Gasteiger partial charge in [-0.15, -0.1) is 0 Å². The first-order valence-corrected chi connectivity index (χ1v) is 30.3. The summed E-state index contributed by atoms with van der Waals surface area (Å²) in [5.41, 5.74) is 13.7. The molecule has 6 nitrogen and oxygen atoms in total. The lowest BCUT2D eigenvalue weighted by Crippen LogP contribution is -2.74. The molecule has 388 valence electrons. The van der Waals surface area contributed by atoms with E-state index in [-0.39, 0.29) is 0 Å². The van der Waals surface area contributed by atoms with Crippen molar-refractivity contribution >= 4 is 72.4 Å². The van der Waals surface area contributed by atoms with Crippen molar-refractivity contribution in [2.45, 2.75) is 5.41 Å². The molecule has 1 spiro atoms. The molecule has 0 fully saturated rings. The molecular formula is C76H49N5OSi. The summed E-state index contributed by atoms with van der Waals surface area (Å²) >= 11 is 0. The molecule has 15 aromatic rings. The average molecular weight is 1080 g/mol. The highest BCUT2D eigenvalue weighted by Gasteiger charge is 2.52. The molecule has 1 aliphatic heterocycles. The van der Waals surface area contributed by atoms with E-state index in [9.17, 15) is 0 Å². The lowest BCUT2D eigenvalue weighted by molar-refractivity contribution is 0.436. The third-order valence-corrected chi connectivity index (χ3v) is 22.4. The van der Waals surface area contributed by atoms with Crippen LogP contribution in [0.25, 0.3) is 89.2 Å². The summed E-state index contributed by atoms with van der Waals surface area (Å²) in [6.07, 6.45) is 0. The molecule has 0 N–H and O–H groups in total. The van der Waals surface area contributed by atoms with Crippen molar-refractivity contribution in [1.29, 1.82) is 0 Å². The molecule has 4 heterocycles. The smallest absolute Gasteiger partial charge is 0.240 e. The number of fused-ring (bicyclic) bond motifs is 15. The molecule has 0 bridgehead atoms. The molecule has 17 rings (SSSR count). The van der Waals surface area contributed by atoms with Crippen LogP contribution in [-0.2, 0) is 5.41 Å². The highest BCUT2D eigenvalue weighted by molar-refractivity contribution is 7.20. The van der Waals surface area contributed by atoms with E-state index in [0.717, 1.165) is 82.9 Å². The van der Waals surface area contributed by atoms with Crippen LogP contribution in [0.1, 0.15) is 22.3 Å². The number of hydrogen-bond acceptors (Lipinski definition) is 4. The van der Waals surface area contributed by atoms with Crippen molar-refractivity contribution in [3.8, 4) is 57.0 Å². The Morgan fingerprint density at radius 3 is 1.20 bits per heavy atom. The predicted molar refractivity (Wildman–Crippen MR) is 340 cm³/mol. The number of rotatable bonds is 8. The summed E-state index contributed by atoms with van der Waals surface area (Å²) in [7, 11) is -3.32. The molecule has 7 heteroatoms. The molecule has 1 aliphatic carbocycles. The van der Waals surface area contributed by atoms with Crippen LogP contribution in [0.4, 0.5) is 0 Å². The number of benzene rings is 12. The molecule has 0 atom stereocenters. The maximum atomic E-state index is 6.83. The highest BCUT2D eigenvalue weighted by atomic mass is 28.3.